The number of carbonyl (C=O) groups excluding carboxylic acids is 1. The Balaban J connectivity index is 1.47. The summed E-state index contributed by atoms with van der Waals surface area (Å²) in [6.07, 6.45) is 0.876. The molecule has 1 saturated carbocycles. The fourth-order valence-electron chi connectivity index (χ4n) is 3.98. The summed E-state index contributed by atoms with van der Waals surface area (Å²) < 4.78 is 13.1. The van der Waals surface area contributed by atoms with Gasteiger partial charge in [-0.1, -0.05) is 42.5 Å². The molecule has 1 aromatic heterocycles. The van der Waals surface area contributed by atoms with Crippen LogP contribution in [0.1, 0.15) is 37.3 Å². The quantitative estimate of drug-likeness (QED) is 0.474. The van der Waals surface area contributed by atoms with Crippen LogP contribution in [0.2, 0.25) is 0 Å². The standard InChI is InChI=1S/C26H29FN4O/c1-3-31(4-2)25-23(29-26(32)22-16-21(22)19-8-6-5-7-9-19)14-15-24(30-25)28-17-18-10-12-20(27)13-11-18/h5-15,21-22H,3-4,16-17H2,1-2H3,(H,28,30)(H,29,32)/t21-,22+/m0/s1. The van der Waals surface area contributed by atoms with Gasteiger partial charge in [0.1, 0.15) is 11.6 Å². The Morgan fingerprint density at radius 2 is 1.75 bits per heavy atom. The van der Waals surface area contributed by atoms with E-state index in [1.807, 2.05) is 30.3 Å². The third-order valence-corrected chi connectivity index (χ3v) is 5.94. The second-order valence-electron chi connectivity index (χ2n) is 8.07. The van der Waals surface area contributed by atoms with Crippen molar-refractivity contribution in [2.24, 2.45) is 5.92 Å². The van der Waals surface area contributed by atoms with E-state index in [0.29, 0.717) is 12.4 Å². The monoisotopic (exact) mass is 432 g/mol. The van der Waals surface area contributed by atoms with Crippen LogP contribution in [0, 0.1) is 11.7 Å². The molecule has 0 aliphatic heterocycles. The van der Waals surface area contributed by atoms with Crippen LogP contribution in [0.3, 0.4) is 0 Å². The number of hydrogen-bond donors (Lipinski definition) is 2. The number of amides is 1. The van der Waals surface area contributed by atoms with E-state index in [1.54, 1.807) is 12.1 Å². The molecule has 0 unspecified atom stereocenters. The number of carbonyl (C=O) groups is 1. The van der Waals surface area contributed by atoms with Gasteiger partial charge in [0, 0.05) is 25.6 Å². The molecule has 0 saturated heterocycles. The molecule has 1 amide bonds. The van der Waals surface area contributed by atoms with E-state index >= 15 is 0 Å². The van der Waals surface area contributed by atoms with Gasteiger partial charge in [-0.05, 0) is 61.6 Å². The lowest BCUT2D eigenvalue weighted by molar-refractivity contribution is -0.117. The number of nitrogens with zero attached hydrogens (tertiary/aromatic N) is 2. The van der Waals surface area contributed by atoms with Crippen LogP contribution in [0.5, 0.6) is 0 Å². The van der Waals surface area contributed by atoms with Crippen molar-refractivity contribution in [2.75, 3.05) is 28.6 Å². The number of hydrogen-bond acceptors (Lipinski definition) is 4. The van der Waals surface area contributed by atoms with Crippen LogP contribution >= 0.6 is 0 Å². The normalized spacial score (nSPS) is 17.0. The van der Waals surface area contributed by atoms with Gasteiger partial charge in [0.15, 0.2) is 5.82 Å². The van der Waals surface area contributed by atoms with E-state index in [-0.39, 0.29) is 23.6 Å². The molecule has 2 N–H and O–H groups in total. The molecule has 3 aromatic rings. The first-order chi connectivity index (χ1) is 15.6. The van der Waals surface area contributed by atoms with E-state index in [9.17, 15) is 9.18 Å². The number of pyridine rings is 1. The Morgan fingerprint density at radius 1 is 1.03 bits per heavy atom. The number of nitrogens with one attached hydrogen (secondary N) is 2. The third kappa shape index (κ3) is 5.07. The summed E-state index contributed by atoms with van der Waals surface area (Å²) in [6.45, 7) is 6.24. The first kappa shape index (κ1) is 21.8. The van der Waals surface area contributed by atoms with Gasteiger partial charge in [-0.3, -0.25) is 4.79 Å². The molecule has 1 aliphatic carbocycles. The highest BCUT2D eigenvalue weighted by atomic mass is 19.1. The molecule has 2 atom stereocenters. The molecule has 2 aromatic carbocycles. The number of aromatic nitrogens is 1. The maximum atomic E-state index is 13.1. The molecule has 5 nitrogen and oxygen atoms in total. The zero-order valence-corrected chi connectivity index (χ0v) is 18.5. The number of rotatable bonds is 9. The van der Waals surface area contributed by atoms with Gasteiger partial charge >= 0.3 is 0 Å². The van der Waals surface area contributed by atoms with Crippen LogP contribution in [0.25, 0.3) is 0 Å². The summed E-state index contributed by atoms with van der Waals surface area (Å²) in [5.41, 5.74) is 2.91. The second-order valence-corrected chi connectivity index (χ2v) is 8.07. The first-order valence-corrected chi connectivity index (χ1v) is 11.2. The van der Waals surface area contributed by atoms with Crippen molar-refractivity contribution in [3.8, 4) is 0 Å². The van der Waals surface area contributed by atoms with Crippen LogP contribution in [-0.4, -0.2) is 24.0 Å². The van der Waals surface area contributed by atoms with E-state index in [1.165, 1.54) is 17.7 Å². The number of halogens is 1. The van der Waals surface area contributed by atoms with Gasteiger partial charge in [-0.15, -0.1) is 0 Å². The Hall–Kier alpha value is -3.41. The van der Waals surface area contributed by atoms with Crippen molar-refractivity contribution in [1.82, 2.24) is 4.98 Å². The molecule has 4 rings (SSSR count). The topological polar surface area (TPSA) is 57.3 Å². The second kappa shape index (κ2) is 9.81. The average molecular weight is 433 g/mol. The fraction of sp³-hybridized carbons (Fsp3) is 0.308. The maximum Gasteiger partial charge on any atom is 0.228 e. The molecule has 1 heterocycles. The molecule has 0 radical (unpaired) electrons. The highest BCUT2D eigenvalue weighted by Crippen LogP contribution is 2.48. The molecule has 166 valence electrons. The van der Waals surface area contributed by atoms with Gasteiger partial charge in [-0.2, -0.15) is 0 Å². The van der Waals surface area contributed by atoms with Crippen LogP contribution in [0.15, 0.2) is 66.7 Å². The molecule has 1 aliphatic rings. The van der Waals surface area contributed by atoms with E-state index < -0.39 is 0 Å². The van der Waals surface area contributed by atoms with Gasteiger partial charge in [0.25, 0.3) is 0 Å². The van der Waals surface area contributed by atoms with Gasteiger partial charge in [0.2, 0.25) is 5.91 Å². The lowest BCUT2D eigenvalue weighted by Gasteiger charge is -2.24. The van der Waals surface area contributed by atoms with E-state index in [0.717, 1.165) is 36.6 Å². The Kier molecular flexibility index (Phi) is 6.69. The molecular formula is C26H29FN4O. The third-order valence-electron chi connectivity index (χ3n) is 5.94. The molecule has 32 heavy (non-hydrogen) atoms. The Labute approximate surface area is 188 Å². The van der Waals surface area contributed by atoms with Crippen LogP contribution in [0.4, 0.5) is 21.7 Å². The van der Waals surface area contributed by atoms with Crippen molar-refractivity contribution < 1.29 is 9.18 Å². The van der Waals surface area contributed by atoms with Crippen molar-refractivity contribution in [3.05, 3.63) is 83.7 Å². The van der Waals surface area contributed by atoms with Crippen molar-refractivity contribution in [2.45, 2.75) is 32.7 Å². The first-order valence-electron chi connectivity index (χ1n) is 11.2. The van der Waals surface area contributed by atoms with Gasteiger partial charge < -0.3 is 15.5 Å². The van der Waals surface area contributed by atoms with Gasteiger partial charge in [0.05, 0.1) is 5.69 Å². The lowest BCUT2D eigenvalue weighted by atomic mass is 10.1. The summed E-state index contributed by atoms with van der Waals surface area (Å²) in [6, 6.07) is 20.4. The SMILES string of the molecule is CCN(CC)c1nc(NCc2ccc(F)cc2)ccc1NC(=O)[C@@H]1C[C@H]1c1ccccc1. The zero-order valence-electron chi connectivity index (χ0n) is 18.5. The predicted molar refractivity (Wildman–Crippen MR) is 127 cm³/mol. The summed E-state index contributed by atoms with van der Waals surface area (Å²) in [5, 5.41) is 6.41. The summed E-state index contributed by atoms with van der Waals surface area (Å²) in [4.78, 5) is 19.8. The molecule has 6 heteroatoms. The maximum absolute atomic E-state index is 13.1. The molecule has 0 spiro atoms. The summed E-state index contributed by atoms with van der Waals surface area (Å²) in [5.74, 6) is 1.55. The number of anilines is 3. The fourth-order valence-corrected chi connectivity index (χ4v) is 3.98. The zero-order chi connectivity index (χ0) is 22.5. The van der Waals surface area contributed by atoms with Crippen molar-refractivity contribution >= 4 is 23.2 Å². The summed E-state index contributed by atoms with van der Waals surface area (Å²) in [7, 11) is 0. The summed E-state index contributed by atoms with van der Waals surface area (Å²) >= 11 is 0. The minimum Gasteiger partial charge on any atom is -0.366 e. The van der Waals surface area contributed by atoms with E-state index in [2.05, 4.69) is 41.5 Å². The van der Waals surface area contributed by atoms with Crippen molar-refractivity contribution in [3.63, 3.8) is 0 Å². The molecule has 0 bridgehead atoms. The Morgan fingerprint density at radius 3 is 2.44 bits per heavy atom. The van der Waals surface area contributed by atoms with Crippen LogP contribution in [-0.2, 0) is 11.3 Å². The Bertz CT molecular complexity index is 1050. The highest BCUT2D eigenvalue weighted by Gasteiger charge is 2.44. The smallest absolute Gasteiger partial charge is 0.228 e. The highest BCUT2D eigenvalue weighted by molar-refractivity contribution is 5.97. The minimum atomic E-state index is -0.249. The van der Waals surface area contributed by atoms with Gasteiger partial charge in [-0.25, -0.2) is 9.37 Å². The number of benzene rings is 2. The van der Waals surface area contributed by atoms with Crippen molar-refractivity contribution in [1.29, 1.82) is 0 Å². The largest absolute Gasteiger partial charge is 0.366 e. The minimum absolute atomic E-state index is 0.00164. The predicted octanol–water partition coefficient (Wildman–Crippen LogP) is 5.42. The van der Waals surface area contributed by atoms with Crippen LogP contribution < -0.4 is 15.5 Å². The molecular weight excluding hydrogens is 403 g/mol. The lowest BCUT2D eigenvalue weighted by Crippen LogP contribution is -2.26. The molecule has 1 fully saturated rings. The van der Waals surface area contributed by atoms with E-state index in [4.69, 9.17) is 4.98 Å². The average Bonchev–Trinajstić information content (AvgIpc) is 3.63.